The van der Waals surface area contributed by atoms with E-state index in [-0.39, 0.29) is 6.61 Å². The molecular formula is C16H27NO2. The van der Waals surface area contributed by atoms with Crippen molar-refractivity contribution in [2.45, 2.75) is 66.2 Å². The van der Waals surface area contributed by atoms with E-state index >= 15 is 0 Å². The largest absolute Gasteiger partial charge is 0.462 e. The lowest BCUT2D eigenvalue weighted by Gasteiger charge is -2.45. The number of rotatable bonds is 4. The summed E-state index contributed by atoms with van der Waals surface area (Å²) in [6, 6.07) is 4.32. The van der Waals surface area contributed by atoms with Gasteiger partial charge >= 0.3 is 0 Å². The van der Waals surface area contributed by atoms with Gasteiger partial charge in [0.1, 0.15) is 18.1 Å². The predicted molar refractivity (Wildman–Crippen MR) is 76.7 cm³/mol. The molecule has 3 nitrogen and oxygen atoms in total. The fraction of sp³-hybridized carbons (Fsp3) is 0.750. The maximum atomic E-state index is 8.99. The Labute approximate surface area is 116 Å². The van der Waals surface area contributed by atoms with Crippen LogP contribution in [0.5, 0.6) is 0 Å². The lowest BCUT2D eigenvalue weighted by atomic mass is 9.63. The molecule has 1 aliphatic carbocycles. The van der Waals surface area contributed by atoms with E-state index in [2.05, 4.69) is 33.0 Å². The van der Waals surface area contributed by atoms with Gasteiger partial charge in [-0.3, -0.25) is 0 Å². The highest BCUT2D eigenvalue weighted by Crippen LogP contribution is 2.45. The standard InChI is InChI=1S/C16H27NO2/c1-15(2)7-12(8-16(3,4)11-15)17-9-13-5-6-14(10-18)19-13/h5-6,12,17-18H,7-11H2,1-4H3. The minimum absolute atomic E-state index is 0.0243. The third-order valence-corrected chi connectivity index (χ3v) is 3.99. The Balaban J connectivity index is 1.91. The molecule has 0 aromatic carbocycles. The maximum Gasteiger partial charge on any atom is 0.129 e. The van der Waals surface area contributed by atoms with Crippen molar-refractivity contribution in [1.29, 1.82) is 0 Å². The fourth-order valence-corrected chi connectivity index (χ4v) is 3.84. The van der Waals surface area contributed by atoms with Gasteiger partial charge in [0.05, 0.1) is 6.54 Å². The van der Waals surface area contributed by atoms with Crippen LogP contribution < -0.4 is 5.32 Å². The molecule has 2 N–H and O–H groups in total. The molecule has 0 bridgehead atoms. The van der Waals surface area contributed by atoms with Gasteiger partial charge in [0.25, 0.3) is 0 Å². The Morgan fingerprint density at radius 1 is 1.16 bits per heavy atom. The monoisotopic (exact) mass is 265 g/mol. The first kappa shape index (κ1) is 14.6. The highest BCUT2D eigenvalue weighted by Gasteiger charge is 2.38. The number of furan rings is 1. The normalized spacial score (nSPS) is 22.6. The summed E-state index contributed by atoms with van der Waals surface area (Å²) >= 11 is 0. The fourth-order valence-electron chi connectivity index (χ4n) is 3.84. The van der Waals surface area contributed by atoms with Gasteiger partial charge in [-0.15, -0.1) is 0 Å². The molecule has 108 valence electrons. The van der Waals surface area contributed by atoms with E-state index in [1.807, 2.05) is 12.1 Å². The van der Waals surface area contributed by atoms with Gasteiger partial charge < -0.3 is 14.8 Å². The summed E-state index contributed by atoms with van der Waals surface area (Å²) in [6.07, 6.45) is 3.71. The number of hydrogen-bond donors (Lipinski definition) is 2. The summed E-state index contributed by atoms with van der Waals surface area (Å²) in [6.45, 7) is 10.2. The van der Waals surface area contributed by atoms with Crippen molar-refractivity contribution in [3.05, 3.63) is 23.7 Å². The molecule has 1 heterocycles. The topological polar surface area (TPSA) is 45.4 Å². The number of hydrogen-bond acceptors (Lipinski definition) is 3. The summed E-state index contributed by atoms with van der Waals surface area (Å²) in [5.41, 5.74) is 0.803. The third kappa shape index (κ3) is 4.08. The molecule has 1 saturated carbocycles. The molecule has 0 saturated heterocycles. The van der Waals surface area contributed by atoms with Crippen LogP contribution in [0.3, 0.4) is 0 Å². The van der Waals surface area contributed by atoms with Gasteiger partial charge in [0.15, 0.2) is 0 Å². The van der Waals surface area contributed by atoms with E-state index in [9.17, 15) is 0 Å². The summed E-state index contributed by atoms with van der Waals surface area (Å²) in [7, 11) is 0. The van der Waals surface area contributed by atoms with Crippen LogP contribution in [0.1, 0.15) is 58.5 Å². The van der Waals surface area contributed by atoms with Crippen molar-refractivity contribution in [3.63, 3.8) is 0 Å². The van der Waals surface area contributed by atoms with Crippen molar-refractivity contribution < 1.29 is 9.52 Å². The second-order valence-corrected chi connectivity index (χ2v) is 7.52. The summed E-state index contributed by atoms with van der Waals surface area (Å²) in [5, 5.41) is 12.6. The molecule has 0 amide bonds. The first-order valence-electron chi connectivity index (χ1n) is 7.22. The van der Waals surface area contributed by atoms with E-state index in [0.29, 0.717) is 22.6 Å². The van der Waals surface area contributed by atoms with E-state index in [0.717, 1.165) is 12.3 Å². The zero-order valence-corrected chi connectivity index (χ0v) is 12.6. The lowest BCUT2D eigenvalue weighted by molar-refractivity contribution is 0.0835. The molecule has 0 radical (unpaired) electrons. The molecule has 19 heavy (non-hydrogen) atoms. The number of aliphatic hydroxyl groups excluding tert-OH is 1. The summed E-state index contributed by atoms with van der Waals surface area (Å²) in [5.74, 6) is 1.55. The average molecular weight is 265 g/mol. The summed E-state index contributed by atoms with van der Waals surface area (Å²) < 4.78 is 5.52. The highest BCUT2D eigenvalue weighted by atomic mass is 16.4. The first-order chi connectivity index (χ1) is 8.80. The van der Waals surface area contributed by atoms with Crippen molar-refractivity contribution in [2.24, 2.45) is 10.8 Å². The van der Waals surface area contributed by atoms with E-state index < -0.39 is 0 Å². The molecule has 0 spiro atoms. The third-order valence-electron chi connectivity index (χ3n) is 3.99. The molecule has 2 rings (SSSR count). The van der Waals surface area contributed by atoms with Crippen LogP contribution in [0.4, 0.5) is 0 Å². The molecule has 1 aliphatic rings. The average Bonchev–Trinajstić information content (AvgIpc) is 2.70. The van der Waals surface area contributed by atoms with Crippen molar-refractivity contribution in [3.8, 4) is 0 Å². The van der Waals surface area contributed by atoms with Gasteiger partial charge in [0.2, 0.25) is 0 Å². The number of aliphatic hydroxyl groups is 1. The van der Waals surface area contributed by atoms with Gasteiger partial charge in [-0.05, 0) is 42.2 Å². The quantitative estimate of drug-likeness (QED) is 0.876. The molecule has 1 fully saturated rings. The van der Waals surface area contributed by atoms with Crippen LogP contribution >= 0.6 is 0 Å². The smallest absolute Gasteiger partial charge is 0.129 e. The van der Waals surface area contributed by atoms with Crippen molar-refractivity contribution in [1.82, 2.24) is 5.32 Å². The zero-order valence-electron chi connectivity index (χ0n) is 12.6. The zero-order chi connectivity index (χ0) is 14.1. The van der Waals surface area contributed by atoms with Crippen LogP contribution in [0.2, 0.25) is 0 Å². The van der Waals surface area contributed by atoms with Crippen LogP contribution in [-0.2, 0) is 13.2 Å². The predicted octanol–water partition coefficient (Wildman–Crippen LogP) is 3.47. The summed E-state index contributed by atoms with van der Waals surface area (Å²) in [4.78, 5) is 0. The van der Waals surface area contributed by atoms with Crippen molar-refractivity contribution >= 4 is 0 Å². The van der Waals surface area contributed by atoms with Gasteiger partial charge in [0, 0.05) is 6.04 Å². The Hall–Kier alpha value is -0.800. The lowest BCUT2D eigenvalue weighted by Crippen LogP contribution is -2.43. The van der Waals surface area contributed by atoms with Gasteiger partial charge in [-0.25, -0.2) is 0 Å². The van der Waals surface area contributed by atoms with Crippen LogP contribution in [0.15, 0.2) is 16.5 Å². The SMILES string of the molecule is CC1(C)CC(NCc2ccc(CO)o2)CC(C)(C)C1. The number of nitrogens with one attached hydrogen (secondary N) is 1. The minimum Gasteiger partial charge on any atom is -0.462 e. The molecule has 0 atom stereocenters. The molecule has 0 aliphatic heterocycles. The van der Waals surface area contributed by atoms with Crippen molar-refractivity contribution in [2.75, 3.05) is 0 Å². The minimum atomic E-state index is -0.0243. The molecular weight excluding hydrogens is 238 g/mol. The van der Waals surface area contributed by atoms with E-state index in [1.54, 1.807) is 0 Å². The maximum absolute atomic E-state index is 8.99. The van der Waals surface area contributed by atoms with E-state index in [4.69, 9.17) is 9.52 Å². The molecule has 3 heteroatoms. The second-order valence-electron chi connectivity index (χ2n) is 7.52. The molecule has 1 aromatic heterocycles. The molecule has 0 unspecified atom stereocenters. The van der Waals surface area contributed by atoms with Gasteiger partial charge in [-0.2, -0.15) is 0 Å². The Morgan fingerprint density at radius 2 is 1.74 bits per heavy atom. The Morgan fingerprint density at radius 3 is 2.26 bits per heavy atom. The Kier molecular flexibility index (Phi) is 4.07. The van der Waals surface area contributed by atoms with Gasteiger partial charge in [-0.1, -0.05) is 27.7 Å². The molecule has 1 aromatic rings. The van der Waals surface area contributed by atoms with Crippen LogP contribution in [-0.4, -0.2) is 11.1 Å². The van der Waals surface area contributed by atoms with Crippen LogP contribution in [0, 0.1) is 10.8 Å². The first-order valence-corrected chi connectivity index (χ1v) is 7.22. The second kappa shape index (κ2) is 5.29. The van der Waals surface area contributed by atoms with Crippen LogP contribution in [0.25, 0.3) is 0 Å². The highest BCUT2D eigenvalue weighted by molar-refractivity contribution is 5.06. The van der Waals surface area contributed by atoms with E-state index in [1.165, 1.54) is 19.3 Å². The Bertz CT molecular complexity index is 404.